The van der Waals surface area contributed by atoms with E-state index in [9.17, 15) is 13.2 Å². The summed E-state index contributed by atoms with van der Waals surface area (Å²) in [6, 6.07) is 0.407. The minimum absolute atomic E-state index is 0.132. The minimum atomic E-state index is -3.80. The van der Waals surface area contributed by atoms with Gasteiger partial charge in [-0.3, -0.25) is 4.79 Å². The van der Waals surface area contributed by atoms with Crippen LogP contribution >= 0.6 is 27.3 Å². The first-order chi connectivity index (χ1) is 8.77. The van der Waals surface area contributed by atoms with E-state index in [-0.39, 0.29) is 11.3 Å². The molecular formula is C11H16BrNO4S2. The minimum Gasteiger partial charge on any atom is -0.480 e. The van der Waals surface area contributed by atoms with Crippen molar-refractivity contribution in [1.29, 1.82) is 0 Å². The van der Waals surface area contributed by atoms with Crippen molar-refractivity contribution in [3.8, 4) is 0 Å². The van der Waals surface area contributed by atoms with Gasteiger partial charge in [0, 0.05) is 4.88 Å². The third-order valence-electron chi connectivity index (χ3n) is 2.57. The summed E-state index contributed by atoms with van der Waals surface area (Å²) in [5.41, 5.74) is 0. The van der Waals surface area contributed by atoms with Crippen LogP contribution in [0.5, 0.6) is 0 Å². The Kier molecular flexibility index (Phi) is 5.97. The average molecular weight is 370 g/mol. The number of nitrogens with one attached hydrogen (secondary N) is 1. The third kappa shape index (κ3) is 4.55. The number of halogens is 1. The van der Waals surface area contributed by atoms with Crippen molar-refractivity contribution in [1.82, 2.24) is 4.72 Å². The SMILES string of the molecule is CCCCC(NS(=O)(=O)c1cc(Br)sc1C)C(=O)O. The summed E-state index contributed by atoms with van der Waals surface area (Å²) in [7, 11) is -3.80. The number of thiophene rings is 1. The molecule has 0 bridgehead atoms. The fraction of sp³-hybridized carbons (Fsp3) is 0.545. The average Bonchev–Trinajstić information content (AvgIpc) is 2.64. The van der Waals surface area contributed by atoms with Gasteiger partial charge >= 0.3 is 5.97 Å². The van der Waals surface area contributed by atoms with Gasteiger partial charge in [-0.05, 0) is 35.3 Å². The zero-order valence-corrected chi connectivity index (χ0v) is 13.9. The molecule has 1 aromatic rings. The highest BCUT2D eigenvalue weighted by Crippen LogP contribution is 2.29. The van der Waals surface area contributed by atoms with Crippen molar-refractivity contribution in [3.63, 3.8) is 0 Å². The van der Waals surface area contributed by atoms with Gasteiger partial charge in [0.05, 0.1) is 8.68 Å². The molecule has 1 aromatic heterocycles. The van der Waals surface area contributed by atoms with Crippen LogP contribution in [0.2, 0.25) is 0 Å². The maximum Gasteiger partial charge on any atom is 0.321 e. The van der Waals surface area contributed by atoms with Crippen LogP contribution in [0.25, 0.3) is 0 Å². The normalized spacial score (nSPS) is 13.4. The smallest absolute Gasteiger partial charge is 0.321 e. The molecule has 1 atom stereocenters. The molecule has 108 valence electrons. The molecule has 0 aromatic carbocycles. The zero-order valence-electron chi connectivity index (χ0n) is 10.6. The van der Waals surface area contributed by atoms with Gasteiger partial charge in [0.25, 0.3) is 0 Å². The Hall–Kier alpha value is -0.440. The molecule has 0 spiro atoms. The first kappa shape index (κ1) is 16.6. The Bertz CT molecular complexity index is 553. The predicted molar refractivity (Wildman–Crippen MR) is 78.0 cm³/mol. The monoisotopic (exact) mass is 369 g/mol. The summed E-state index contributed by atoms with van der Waals surface area (Å²) in [6.07, 6.45) is 1.76. The number of hydrogen-bond donors (Lipinski definition) is 2. The molecule has 0 aliphatic heterocycles. The van der Waals surface area contributed by atoms with E-state index >= 15 is 0 Å². The van der Waals surface area contributed by atoms with E-state index in [1.165, 1.54) is 17.4 Å². The van der Waals surface area contributed by atoms with E-state index in [2.05, 4.69) is 20.7 Å². The predicted octanol–water partition coefficient (Wildman–Crippen LogP) is 2.74. The fourth-order valence-corrected chi connectivity index (χ4v) is 5.23. The van der Waals surface area contributed by atoms with Crippen molar-refractivity contribution < 1.29 is 18.3 Å². The highest BCUT2D eigenvalue weighted by molar-refractivity contribution is 9.11. The molecular weight excluding hydrogens is 354 g/mol. The summed E-state index contributed by atoms with van der Waals surface area (Å²) < 4.78 is 27.3. The Morgan fingerprint density at radius 2 is 2.21 bits per heavy atom. The van der Waals surface area contributed by atoms with Crippen molar-refractivity contribution in [2.75, 3.05) is 0 Å². The number of carboxylic acid groups (broad SMARTS) is 1. The lowest BCUT2D eigenvalue weighted by Gasteiger charge is -2.14. The van der Waals surface area contributed by atoms with E-state index in [0.29, 0.717) is 15.1 Å². The molecule has 0 radical (unpaired) electrons. The Morgan fingerprint density at radius 3 is 2.63 bits per heavy atom. The molecule has 1 heterocycles. The Balaban J connectivity index is 2.94. The number of aryl methyl sites for hydroxylation is 1. The second-order valence-electron chi connectivity index (χ2n) is 4.13. The van der Waals surface area contributed by atoms with Crippen molar-refractivity contribution in [3.05, 3.63) is 14.7 Å². The number of carbonyl (C=O) groups is 1. The number of aliphatic carboxylic acids is 1. The molecule has 19 heavy (non-hydrogen) atoms. The first-order valence-electron chi connectivity index (χ1n) is 5.79. The van der Waals surface area contributed by atoms with Crippen molar-refractivity contribution in [2.24, 2.45) is 0 Å². The second-order valence-corrected chi connectivity index (χ2v) is 8.44. The molecule has 0 amide bonds. The second kappa shape index (κ2) is 6.83. The summed E-state index contributed by atoms with van der Waals surface area (Å²) in [6.45, 7) is 3.61. The molecule has 5 nitrogen and oxygen atoms in total. The maximum absolute atomic E-state index is 12.2. The number of sulfonamides is 1. The van der Waals surface area contributed by atoms with Gasteiger partial charge in [0.2, 0.25) is 10.0 Å². The number of rotatable bonds is 7. The van der Waals surface area contributed by atoms with E-state index in [0.717, 1.165) is 6.42 Å². The van der Waals surface area contributed by atoms with Gasteiger partial charge in [-0.2, -0.15) is 4.72 Å². The lowest BCUT2D eigenvalue weighted by Crippen LogP contribution is -2.40. The van der Waals surface area contributed by atoms with Gasteiger partial charge in [0.1, 0.15) is 6.04 Å². The van der Waals surface area contributed by atoms with Crippen LogP contribution in [0.15, 0.2) is 14.7 Å². The molecule has 1 unspecified atom stereocenters. The topological polar surface area (TPSA) is 83.5 Å². The van der Waals surface area contributed by atoms with Gasteiger partial charge in [0.15, 0.2) is 0 Å². The van der Waals surface area contributed by atoms with Crippen LogP contribution in [0, 0.1) is 6.92 Å². The molecule has 2 N–H and O–H groups in total. The van der Waals surface area contributed by atoms with Gasteiger partial charge in [-0.15, -0.1) is 11.3 Å². The van der Waals surface area contributed by atoms with Crippen LogP contribution in [-0.2, 0) is 14.8 Å². The standard InChI is InChI=1S/C11H16BrNO4S2/c1-3-4-5-8(11(14)15)13-19(16,17)9-6-10(12)18-7(9)2/h6,8,13H,3-5H2,1-2H3,(H,14,15). The Labute approximate surface area is 125 Å². The fourth-order valence-electron chi connectivity index (χ4n) is 1.59. The molecule has 0 aliphatic rings. The van der Waals surface area contributed by atoms with Crippen LogP contribution in [0.1, 0.15) is 31.1 Å². The van der Waals surface area contributed by atoms with Crippen LogP contribution in [0.3, 0.4) is 0 Å². The van der Waals surface area contributed by atoms with E-state index < -0.39 is 22.0 Å². The molecule has 0 aliphatic carbocycles. The molecule has 0 saturated heterocycles. The molecule has 0 fully saturated rings. The zero-order chi connectivity index (χ0) is 14.6. The van der Waals surface area contributed by atoms with E-state index in [1.807, 2.05) is 6.92 Å². The van der Waals surface area contributed by atoms with Gasteiger partial charge in [-0.1, -0.05) is 19.8 Å². The number of hydrogen-bond acceptors (Lipinski definition) is 4. The van der Waals surface area contributed by atoms with Crippen LogP contribution in [-0.4, -0.2) is 25.5 Å². The highest BCUT2D eigenvalue weighted by Gasteiger charge is 2.27. The van der Waals surface area contributed by atoms with Crippen LogP contribution in [0.4, 0.5) is 0 Å². The lowest BCUT2D eigenvalue weighted by atomic mass is 10.1. The molecule has 0 saturated carbocycles. The van der Waals surface area contributed by atoms with E-state index in [1.54, 1.807) is 6.92 Å². The summed E-state index contributed by atoms with van der Waals surface area (Å²) in [5.74, 6) is -1.15. The quantitative estimate of drug-likeness (QED) is 0.773. The third-order valence-corrected chi connectivity index (χ3v) is 5.85. The van der Waals surface area contributed by atoms with Crippen molar-refractivity contribution in [2.45, 2.75) is 44.0 Å². The first-order valence-corrected chi connectivity index (χ1v) is 8.88. The lowest BCUT2D eigenvalue weighted by molar-refractivity contribution is -0.139. The maximum atomic E-state index is 12.2. The van der Waals surface area contributed by atoms with Crippen molar-refractivity contribution >= 4 is 43.3 Å². The number of unbranched alkanes of at least 4 members (excludes halogenated alkanes) is 1. The van der Waals surface area contributed by atoms with Crippen LogP contribution < -0.4 is 4.72 Å². The summed E-state index contributed by atoms with van der Waals surface area (Å²) >= 11 is 4.52. The van der Waals surface area contributed by atoms with Gasteiger partial charge < -0.3 is 5.11 Å². The van der Waals surface area contributed by atoms with Gasteiger partial charge in [-0.25, -0.2) is 8.42 Å². The largest absolute Gasteiger partial charge is 0.480 e. The van der Waals surface area contributed by atoms with E-state index in [4.69, 9.17) is 5.11 Å². The summed E-state index contributed by atoms with van der Waals surface area (Å²) in [4.78, 5) is 11.8. The number of carboxylic acids is 1. The molecule has 8 heteroatoms. The highest BCUT2D eigenvalue weighted by atomic mass is 79.9. The Morgan fingerprint density at radius 1 is 1.58 bits per heavy atom. The molecule has 1 rings (SSSR count). The summed E-state index contributed by atoms with van der Waals surface area (Å²) in [5, 5.41) is 9.05.